The Morgan fingerprint density at radius 3 is 2.62 bits per heavy atom. The first-order valence-corrected chi connectivity index (χ1v) is 7.78. The maximum absolute atomic E-state index is 13.4. The summed E-state index contributed by atoms with van der Waals surface area (Å²) in [7, 11) is 0. The van der Waals surface area contributed by atoms with E-state index in [-0.39, 0.29) is 25.4 Å². The lowest BCUT2D eigenvalue weighted by Crippen LogP contribution is -2.53. The molecule has 0 radical (unpaired) electrons. The van der Waals surface area contributed by atoms with Crippen molar-refractivity contribution in [2.45, 2.75) is 32.5 Å². The molecule has 118 valence electrons. The lowest BCUT2D eigenvalue weighted by molar-refractivity contribution is -0.216. The van der Waals surface area contributed by atoms with E-state index in [1.54, 1.807) is 0 Å². The van der Waals surface area contributed by atoms with Crippen molar-refractivity contribution < 1.29 is 18.0 Å². The number of nitrogens with one attached hydrogen (secondary N) is 2. The number of halogens is 3. The number of carbonyl (C=O) groups excluding carboxylic acids is 1. The van der Waals surface area contributed by atoms with E-state index < -0.39 is 23.5 Å². The highest BCUT2D eigenvalue weighted by molar-refractivity contribution is 7.10. The molecular formula is C14H19F3N2OS. The maximum atomic E-state index is 13.4. The summed E-state index contributed by atoms with van der Waals surface area (Å²) in [5, 5.41) is 7.13. The highest BCUT2D eigenvalue weighted by Gasteiger charge is 2.61. The minimum atomic E-state index is -4.54. The average molecular weight is 320 g/mol. The summed E-state index contributed by atoms with van der Waals surface area (Å²) < 4.78 is 40.1. The van der Waals surface area contributed by atoms with Gasteiger partial charge in [0, 0.05) is 11.4 Å². The van der Waals surface area contributed by atoms with Gasteiger partial charge in [0.05, 0.1) is 6.04 Å². The molecule has 1 aromatic rings. The van der Waals surface area contributed by atoms with Gasteiger partial charge in [-0.25, -0.2) is 0 Å². The van der Waals surface area contributed by atoms with E-state index in [4.69, 9.17) is 0 Å². The van der Waals surface area contributed by atoms with Gasteiger partial charge < -0.3 is 10.6 Å². The zero-order chi connectivity index (χ0) is 15.7. The van der Waals surface area contributed by atoms with Gasteiger partial charge in [-0.2, -0.15) is 13.2 Å². The van der Waals surface area contributed by atoms with Gasteiger partial charge in [-0.1, -0.05) is 19.9 Å². The molecule has 1 aliphatic rings. The Labute approximate surface area is 125 Å². The fourth-order valence-corrected chi connectivity index (χ4v) is 3.52. The van der Waals surface area contributed by atoms with Crippen molar-refractivity contribution in [3.8, 4) is 0 Å². The van der Waals surface area contributed by atoms with Crippen LogP contribution in [0.25, 0.3) is 0 Å². The van der Waals surface area contributed by atoms with Gasteiger partial charge in [0.1, 0.15) is 0 Å². The Bertz CT molecular complexity index is 479. The van der Waals surface area contributed by atoms with Gasteiger partial charge in [-0.3, -0.25) is 4.79 Å². The molecule has 2 atom stereocenters. The Morgan fingerprint density at radius 2 is 2.19 bits per heavy atom. The number of carbonyl (C=O) groups is 1. The van der Waals surface area contributed by atoms with Crippen molar-refractivity contribution in [3.05, 3.63) is 22.4 Å². The van der Waals surface area contributed by atoms with Crippen LogP contribution < -0.4 is 10.6 Å². The van der Waals surface area contributed by atoms with E-state index in [1.165, 1.54) is 11.3 Å². The van der Waals surface area contributed by atoms with Gasteiger partial charge in [0.25, 0.3) is 0 Å². The predicted molar refractivity (Wildman–Crippen MR) is 76.0 cm³/mol. The predicted octanol–water partition coefficient (Wildman–Crippen LogP) is 3.10. The molecule has 0 aromatic carbocycles. The summed E-state index contributed by atoms with van der Waals surface area (Å²) >= 11 is 1.44. The lowest BCUT2D eigenvalue weighted by Gasteiger charge is -2.32. The van der Waals surface area contributed by atoms with E-state index in [0.717, 1.165) is 4.88 Å². The standard InChI is InChI=1S/C14H19F3N2OS/c1-9(2)11(10-4-3-7-21-10)19-12(20)13(14(15,16)17)5-6-18-8-13/h3-4,7,9,11,18H,5-6,8H2,1-2H3,(H,19,20). The first-order chi connectivity index (χ1) is 9.78. The van der Waals surface area contributed by atoms with Crippen LogP contribution in [0.4, 0.5) is 13.2 Å². The topological polar surface area (TPSA) is 41.1 Å². The normalized spacial score (nSPS) is 24.3. The molecule has 2 N–H and O–H groups in total. The highest BCUT2D eigenvalue weighted by atomic mass is 32.1. The summed E-state index contributed by atoms with van der Waals surface area (Å²) in [6, 6.07) is 3.28. The Kier molecular flexibility index (Phi) is 4.63. The molecule has 1 fully saturated rings. The molecule has 0 saturated carbocycles. The van der Waals surface area contributed by atoms with Crippen LogP contribution in [0.15, 0.2) is 17.5 Å². The molecule has 1 amide bonds. The number of hydrogen-bond donors (Lipinski definition) is 2. The van der Waals surface area contributed by atoms with E-state index >= 15 is 0 Å². The van der Waals surface area contributed by atoms with Gasteiger partial charge in [0.2, 0.25) is 5.91 Å². The van der Waals surface area contributed by atoms with Crippen LogP contribution in [0.1, 0.15) is 31.2 Å². The van der Waals surface area contributed by atoms with Crippen molar-refractivity contribution in [1.82, 2.24) is 10.6 Å². The van der Waals surface area contributed by atoms with Gasteiger partial charge in [0.15, 0.2) is 5.41 Å². The summed E-state index contributed by atoms with van der Waals surface area (Å²) in [5.41, 5.74) is -2.31. The van der Waals surface area contributed by atoms with Crippen LogP contribution in [0.3, 0.4) is 0 Å². The third kappa shape index (κ3) is 3.08. The fourth-order valence-electron chi connectivity index (χ4n) is 2.57. The van der Waals surface area contributed by atoms with Crippen LogP contribution in [-0.4, -0.2) is 25.2 Å². The molecular weight excluding hydrogens is 301 g/mol. The molecule has 2 rings (SSSR count). The summed E-state index contributed by atoms with van der Waals surface area (Å²) in [4.78, 5) is 13.2. The smallest absolute Gasteiger partial charge is 0.347 e. The van der Waals surface area contributed by atoms with Crippen LogP contribution >= 0.6 is 11.3 Å². The molecule has 2 heterocycles. The highest BCUT2D eigenvalue weighted by Crippen LogP contribution is 2.44. The Hall–Kier alpha value is -1.08. The minimum Gasteiger partial charge on any atom is -0.347 e. The van der Waals surface area contributed by atoms with Crippen molar-refractivity contribution in [2.24, 2.45) is 11.3 Å². The number of hydrogen-bond acceptors (Lipinski definition) is 3. The Morgan fingerprint density at radius 1 is 1.48 bits per heavy atom. The molecule has 21 heavy (non-hydrogen) atoms. The molecule has 7 heteroatoms. The summed E-state index contributed by atoms with van der Waals surface area (Å²) in [5.74, 6) is -0.903. The number of alkyl halides is 3. The first-order valence-electron chi connectivity index (χ1n) is 6.90. The second-order valence-corrected chi connectivity index (χ2v) is 6.70. The first kappa shape index (κ1) is 16.3. The molecule has 1 aliphatic heterocycles. The minimum absolute atomic E-state index is 0.0206. The molecule has 0 spiro atoms. The second-order valence-electron chi connectivity index (χ2n) is 5.72. The van der Waals surface area contributed by atoms with Crippen molar-refractivity contribution in [2.75, 3.05) is 13.1 Å². The van der Waals surface area contributed by atoms with Crippen molar-refractivity contribution >= 4 is 17.2 Å². The lowest BCUT2D eigenvalue weighted by atomic mass is 9.84. The van der Waals surface area contributed by atoms with Crippen LogP contribution in [0.2, 0.25) is 0 Å². The Balaban J connectivity index is 2.22. The molecule has 0 bridgehead atoms. The number of amides is 1. The van der Waals surface area contributed by atoms with Crippen molar-refractivity contribution in [1.29, 1.82) is 0 Å². The van der Waals surface area contributed by atoms with Gasteiger partial charge >= 0.3 is 6.18 Å². The maximum Gasteiger partial charge on any atom is 0.404 e. The fraction of sp³-hybridized carbons (Fsp3) is 0.643. The average Bonchev–Trinajstić information content (AvgIpc) is 3.05. The van der Waals surface area contributed by atoms with E-state index in [0.29, 0.717) is 0 Å². The summed E-state index contributed by atoms with van der Waals surface area (Å²) in [6.45, 7) is 3.63. The molecule has 1 saturated heterocycles. The van der Waals surface area contributed by atoms with Crippen LogP contribution in [0.5, 0.6) is 0 Å². The zero-order valence-corrected chi connectivity index (χ0v) is 12.8. The third-order valence-electron chi connectivity index (χ3n) is 3.94. The van der Waals surface area contributed by atoms with E-state index in [9.17, 15) is 18.0 Å². The molecule has 0 aliphatic carbocycles. The largest absolute Gasteiger partial charge is 0.404 e. The summed E-state index contributed by atoms with van der Waals surface area (Å²) in [6.07, 6.45) is -4.75. The second kappa shape index (κ2) is 5.96. The quantitative estimate of drug-likeness (QED) is 0.895. The zero-order valence-electron chi connectivity index (χ0n) is 12.0. The monoisotopic (exact) mass is 320 g/mol. The molecule has 1 aromatic heterocycles. The molecule has 2 unspecified atom stereocenters. The van der Waals surface area contributed by atoms with Crippen LogP contribution in [0, 0.1) is 11.3 Å². The van der Waals surface area contributed by atoms with Crippen molar-refractivity contribution in [3.63, 3.8) is 0 Å². The van der Waals surface area contributed by atoms with Crippen LogP contribution in [-0.2, 0) is 4.79 Å². The number of thiophene rings is 1. The molecule has 3 nitrogen and oxygen atoms in total. The van der Waals surface area contributed by atoms with E-state index in [2.05, 4.69) is 10.6 Å². The van der Waals surface area contributed by atoms with E-state index in [1.807, 2.05) is 31.4 Å². The number of rotatable bonds is 4. The van der Waals surface area contributed by atoms with Gasteiger partial charge in [-0.05, 0) is 30.3 Å². The SMILES string of the molecule is CC(C)C(NC(=O)C1(C(F)(F)F)CCNC1)c1cccs1. The van der Waals surface area contributed by atoms with Gasteiger partial charge in [-0.15, -0.1) is 11.3 Å². The third-order valence-corrected chi connectivity index (χ3v) is 4.89.